The number of benzene rings is 2. The van der Waals surface area contributed by atoms with E-state index in [4.69, 9.17) is 5.11 Å². The summed E-state index contributed by atoms with van der Waals surface area (Å²) in [5.41, 5.74) is 5.78. The highest BCUT2D eigenvalue weighted by molar-refractivity contribution is 6.03. The minimum atomic E-state index is -1.67. The molecule has 0 aromatic heterocycles. The molecule has 2 aliphatic rings. The van der Waals surface area contributed by atoms with Gasteiger partial charge < -0.3 is 5.11 Å². The fourth-order valence-electron chi connectivity index (χ4n) is 3.68. The lowest BCUT2D eigenvalue weighted by Gasteiger charge is -2.13. The van der Waals surface area contributed by atoms with Crippen LogP contribution in [0.2, 0.25) is 0 Å². The lowest BCUT2D eigenvalue weighted by atomic mass is 9.92. The number of hydrogen-bond donors (Lipinski definition) is 1. The van der Waals surface area contributed by atoms with E-state index in [0.29, 0.717) is 11.5 Å². The highest BCUT2D eigenvalue weighted by Crippen LogP contribution is 2.39. The number of carbonyl (C=O) groups is 3. The molecule has 1 heterocycles. The number of rotatable bonds is 3. The van der Waals surface area contributed by atoms with Crippen molar-refractivity contribution in [1.82, 2.24) is 5.06 Å². The van der Waals surface area contributed by atoms with Gasteiger partial charge in [0.1, 0.15) is 0 Å². The summed E-state index contributed by atoms with van der Waals surface area (Å²) in [5, 5.41) is 9.01. The molecule has 6 nitrogen and oxygen atoms in total. The zero-order valence-corrected chi connectivity index (χ0v) is 13.3. The van der Waals surface area contributed by atoms with Crippen LogP contribution >= 0.6 is 0 Å². The van der Waals surface area contributed by atoms with E-state index in [-0.39, 0.29) is 6.42 Å². The average Bonchev–Trinajstić information content (AvgIpc) is 3.08. The van der Waals surface area contributed by atoms with Gasteiger partial charge in [0.05, 0.1) is 5.92 Å². The van der Waals surface area contributed by atoms with Gasteiger partial charge in [0.25, 0.3) is 11.8 Å². The fraction of sp³-hybridized carbons (Fsp3) is 0.211. The minimum absolute atomic E-state index is 0.0390. The van der Waals surface area contributed by atoms with Gasteiger partial charge >= 0.3 is 6.16 Å². The van der Waals surface area contributed by atoms with Gasteiger partial charge in [-0.3, -0.25) is 14.4 Å². The number of fused-ring (bicyclic) bond motifs is 3. The Morgan fingerprint density at radius 1 is 1.12 bits per heavy atom. The number of nitrogens with zero attached hydrogens (tertiary/aromatic N) is 1. The van der Waals surface area contributed by atoms with Crippen LogP contribution < -0.4 is 0 Å². The molecule has 0 bridgehead atoms. The summed E-state index contributed by atoms with van der Waals surface area (Å²) >= 11 is 0. The Balaban J connectivity index is 1.60. The van der Waals surface area contributed by atoms with Crippen LogP contribution in [0.3, 0.4) is 0 Å². The summed E-state index contributed by atoms with van der Waals surface area (Å²) < 4.78 is 0. The molecular formula is C19H15NO5. The second kappa shape index (κ2) is 5.73. The first-order valence-electron chi connectivity index (χ1n) is 8.01. The normalized spacial score (nSPS) is 18.2. The van der Waals surface area contributed by atoms with E-state index in [1.165, 1.54) is 16.7 Å². The van der Waals surface area contributed by atoms with Crippen molar-refractivity contribution >= 4 is 18.0 Å². The lowest BCUT2D eigenvalue weighted by molar-refractivity contribution is -0.176. The summed E-state index contributed by atoms with van der Waals surface area (Å²) in [4.78, 5) is 39.1. The Hall–Kier alpha value is -3.15. The molecule has 2 amide bonds. The second-order valence-electron chi connectivity index (χ2n) is 6.27. The molecule has 0 saturated carbocycles. The topological polar surface area (TPSA) is 83.9 Å². The van der Waals surface area contributed by atoms with Gasteiger partial charge in [-0.2, -0.15) is 0 Å². The van der Waals surface area contributed by atoms with E-state index in [0.717, 1.165) is 17.5 Å². The highest BCUT2D eigenvalue weighted by atomic mass is 16.8. The first-order chi connectivity index (χ1) is 12.0. The van der Waals surface area contributed by atoms with E-state index < -0.39 is 23.9 Å². The van der Waals surface area contributed by atoms with Crippen molar-refractivity contribution in [3.8, 4) is 11.1 Å². The zero-order valence-electron chi connectivity index (χ0n) is 13.3. The molecule has 6 heteroatoms. The van der Waals surface area contributed by atoms with Gasteiger partial charge in [-0.25, -0.2) is 4.79 Å². The average molecular weight is 337 g/mol. The van der Waals surface area contributed by atoms with Crippen LogP contribution in [0.25, 0.3) is 11.1 Å². The van der Waals surface area contributed by atoms with Crippen molar-refractivity contribution in [2.24, 2.45) is 5.92 Å². The molecule has 1 saturated heterocycles. The maximum absolute atomic E-state index is 12.3. The first kappa shape index (κ1) is 15.4. The van der Waals surface area contributed by atoms with Crippen molar-refractivity contribution in [1.29, 1.82) is 0 Å². The Morgan fingerprint density at radius 2 is 1.88 bits per heavy atom. The van der Waals surface area contributed by atoms with E-state index >= 15 is 0 Å². The largest absolute Gasteiger partial charge is 0.531 e. The third-order valence-electron chi connectivity index (χ3n) is 4.78. The molecule has 1 fully saturated rings. The van der Waals surface area contributed by atoms with Crippen LogP contribution in [0, 0.1) is 5.92 Å². The van der Waals surface area contributed by atoms with Crippen LogP contribution in [0.5, 0.6) is 0 Å². The van der Waals surface area contributed by atoms with Crippen LogP contribution in [0.4, 0.5) is 4.79 Å². The molecule has 2 aromatic carbocycles. The molecule has 126 valence electrons. The quantitative estimate of drug-likeness (QED) is 0.743. The van der Waals surface area contributed by atoms with Crippen molar-refractivity contribution in [2.45, 2.75) is 19.3 Å². The van der Waals surface area contributed by atoms with E-state index in [1.807, 2.05) is 24.3 Å². The Bertz CT molecular complexity index is 904. The summed E-state index contributed by atoms with van der Waals surface area (Å²) in [7, 11) is 0. The van der Waals surface area contributed by atoms with Crippen LogP contribution in [-0.4, -0.2) is 28.1 Å². The summed E-state index contributed by atoms with van der Waals surface area (Å²) in [6.45, 7) is 0. The number of carbonyl (C=O) groups excluding carboxylic acids is 2. The summed E-state index contributed by atoms with van der Waals surface area (Å²) in [6.07, 6.45) is -0.520. The van der Waals surface area contributed by atoms with E-state index in [2.05, 4.69) is 23.0 Å². The van der Waals surface area contributed by atoms with Gasteiger partial charge in [-0.05, 0) is 40.7 Å². The summed E-state index contributed by atoms with van der Waals surface area (Å²) in [6, 6.07) is 14.1. The van der Waals surface area contributed by atoms with Gasteiger partial charge in [0.2, 0.25) is 0 Å². The standard InChI is InChI=1S/C19H15NO5/c21-17-10-13(18(22)20(17)25-19(23)24)8-11-5-3-7-15-14-6-2-1-4-12(14)9-16(11)15/h1-7,13H,8-10H2,(H,23,24). The molecule has 2 aromatic rings. The third-order valence-corrected chi connectivity index (χ3v) is 4.78. The molecule has 1 aliphatic carbocycles. The SMILES string of the molecule is O=C(O)ON1C(=O)CC(Cc2cccc3c2Cc2ccccc2-3)C1=O. The minimum Gasteiger partial charge on any atom is -0.448 e. The van der Waals surface area contributed by atoms with Crippen LogP contribution in [-0.2, 0) is 27.3 Å². The molecule has 1 unspecified atom stereocenters. The number of amides is 2. The molecule has 0 spiro atoms. The highest BCUT2D eigenvalue weighted by Gasteiger charge is 2.42. The van der Waals surface area contributed by atoms with Gasteiger partial charge in [0, 0.05) is 6.42 Å². The Labute approximate surface area is 143 Å². The molecule has 4 rings (SSSR count). The zero-order chi connectivity index (χ0) is 17.6. The fourth-order valence-corrected chi connectivity index (χ4v) is 3.68. The van der Waals surface area contributed by atoms with Gasteiger partial charge in [0.15, 0.2) is 0 Å². The van der Waals surface area contributed by atoms with Gasteiger partial charge in [-0.15, -0.1) is 0 Å². The number of carboxylic acid groups (broad SMARTS) is 1. The molecule has 25 heavy (non-hydrogen) atoms. The maximum Gasteiger partial charge on any atom is 0.531 e. The smallest absolute Gasteiger partial charge is 0.448 e. The van der Waals surface area contributed by atoms with E-state index in [9.17, 15) is 14.4 Å². The Morgan fingerprint density at radius 3 is 2.68 bits per heavy atom. The maximum atomic E-state index is 12.3. The number of imide groups is 1. The number of hydrogen-bond acceptors (Lipinski definition) is 4. The Kier molecular flexibility index (Phi) is 3.53. The third kappa shape index (κ3) is 2.55. The number of hydroxylamine groups is 2. The van der Waals surface area contributed by atoms with Crippen molar-refractivity contribution in [2.75, 3.05) is 0 Å². The van der Waals surface area contributed by atoms with Crippen LogP contribution in [0.1, 0.15) is 23.1 Å². The van der Waals surface area contributed by atoms with Crippen molar-refractivity contribution < 1.29 is 24.3 Å². The van der Waals surface area contributed by atoms with Gasteiger partial charge in [-0.1, -0.05) is 47.5 Å². The second-order valence-corrected chi connectivity index (χ2v) is 6.27. The first-order valence-corrected chi connectivity index (χ1v) is 8.01. The predicted molar refractivity (Wildman–Crippen MR) is 87.5 cm³/mol. The predicted octanol–water partition coefficient (Wildman–Crippen LogP) is 2.79. The molecule has 1 aliphatic heterocycles. The molecule has 1 N–H and O–H groups in total. The molecular weight excluding hydrogens is 322 g/mol. The van der Waals surface area contributed by atoms with Crippen molar-refractivity contribution in [3.05, 3.63) is 59.2 Å². The van der Waals surface area contributed by atoms with Crippen LogP contribution in [0.15, 0.2) is 42.5 Å². The van der Waals surface area contributed by atoms with E-state index in [1.54, 1.807) is 0 Å². The molecule has 1 atom stereocenters. The van der Waals surface area contributed by atoms with Crippen molar-refractivity contribution in [3.63, 3.8) is 0 Å². The monoisotopic (exact) mass is 337 g/mol. The summed E-state index contributed by atoms with van der Waals surface area (Å²) in [5.74, 6) is -1.81. The lowest BCUT2D eigenvalue weighted by Crippen LogP contribution is -2.33. The molecule has 0 radical (unpaired) electrons.